The number of benzene rings is 3. The Morgan fingerprint density at radius 1 is 1.08 bits per heavy atom. The zero-order valence-corrected chi connectivity index (χ0v) is 19.7. The summed E-state index contributed by atoms with van der Waals surface area (Å²) < 4.78 is 20.9. The largest absolute Gasteiger partial charge is 0.486 e. The Hall–Kier alpha value is -4.10. The van der Waals surface area contributed by atoms with Crippen LogP contribution in [0.15, 0.2) is 78.9 Å². The quantitative estimate of drug-likeness (QED) is 0.263. The number of carbonyl (C=O) groups is 2. The maximum Gasteiger partial charge on any atom is 0.247 e. The Kier molecular flexibility index (Phi) is 6.24. The van der Waals surface area contributed by atoms with E-state index in [0.29, 0.717) is 12.0 Å². The van der Waals surface area contributed by atoms with Crippen molar-refractivity contribution in [3.8, 4) is 17.0 Å². The Morgan fingerprint density at radius 3 is 2.56 bits per heavy atom. The van der Waals surface area contributed by atoms with E-state index in [1.807, 2.05) is 60.7 Å². The van der Waals surface area contributed by atoms with Crippen molar-refractivity contribution in [1.29, 1.82) is 0 Å². The standard InChI is InChI=1S/C29H25FN2O4/c1-18(33)29(16-23(29)28(34)32-35)15-19-11-12-27(24(30)13-19)36-17-21-14-26(20-7-3-2-4-8-20)31-25-10-6-5-9-22(21)25/h2-14,23,35H,15-17H2,1H3,(H,32,34)/t23-,29-/m1/s1. The van der Waals surface area contributed by atoms with E-state index in [1.165, 1.54) is 13.0 Å². The second kappa shape index (κ2) is 9.51. The van der Waals surface area contributed by atoms with E-state index in [9.17, 15) is 14.0 Å². The molecule has 0 aliphatic heterocycles. The molecule has 0 spiro atoms. The highest BCUT2D eigenvalue weighted by atomic mass is 19.1. The van der Waals surface area contributed by atoms with Gasteiger partial charge in [-0.3, -0.25) is 14.8 Å². The molecule has 182 valence electrons. The molecule has 1 heterocycles. The average molecular weight is 485 g/mol. The highest BCUT2D eigenvalue weighted by molar-refractivity contribution is 5.95. The van der Waals surface area contributed by atoms with Crippen LogP contribution in [-0.4, -0.2) is 21.9 Å². The summed E-state index contributed by atoms with van der Waals surface area (Å²) in [7, 11) is 0. The number of rotatable bonds is 8. The van der Waals surface area contributed by atoms with Gasteiger partial charge in [0.1, 0.15) is 12.4 Å². The minimum absolute atomic E-state index is 0.0956. The summed E-state index contributed by atoms with van der Waals surface area (Å²) in [5, 5.41) is 9.85. The van der Waals surface area contributed by atoms with Crippen LogP contribution in [0.25, 0.3) is 22.2 Å². The van der Waals surface area contributed by atoms with Gasteiger partial charge in [0.2, 0.25) is 5.91 Å². The van der Waals surface area contributed by atoms with Crippen molar-refractivity contribution in [2.75, 3.05) is 0 Å². The van der Waals surface area contributed by atoms with Crippen LogP contribution in [0.1, 0.15) is 24.5 Å². The van der Waals surface area contributed by atoms with E-state index >= 15 is 0 Å². The van der Waals surface area contributed by atoms with Gasteiger partial charge in [-0.2, -0.15) is 0 Å². The molecule has 1 amide bonds. The predicted octanol–water partition coefficient (Wildman–Crippen LogP) is 5.26. The summed E-state index contributed by atoms with van der Waals surface area (Å²) in [6.45, 7) is 1.57. The lowest BCUT2D eigenvalue weighted by molar-refractivity contribution is -0.134. The Morgan fingerprint density at radius 2 is 1.83 bits per heavy atom. The zero-order chi connectivity index (χ0) is 25.3. The molecule has 4 aromatic rings. The minimum atomic E-state index is -0.911. The molecule has 0 saturated heterocycles. The molecule has 6 nitrogen and oxygen atoms in total. The number of nitrogens with zero attached hydrogens (tertiary/aromatic N) is 1. The number of Topliss-reactive ketones (excluding diaryl/α,β-unsaturated/α-hetero) is 1. The molecule has 0 bridgehead atoms. The number of hydrogen-bond acceptors (Lipinski definition) is 5. The van der Waals surface area contributed by atoms with Crippen LogP contribution in [0.3, 0.4) is 0 Å². The first-order valence-electron chi connectivity index (χ1n) is 11.7. The third-order valence-electron chi connectivity index (χ3n) is 6.97. The number of fused-ring (bicyclic) bond motifs is 1. The number of carbonyl (C=O) groups excluding carboxylic acids is 2. The summed E-state index contributed by atoms with van der Waals surface area (Å²) in [4.78, 5) is 28.8. The summed E-state index contributed by atoms with van der Waals surface area (Å²) in [6, 6.07) is 24.1. The van der Waals surface area contributed by atoms with E-state index in [4.69, 9.17) is 14.9 Å². The number of ketones is 1. The van der Waals surface area contributed by atoms with E-state index in [-0.39, 0.29) is 24.6 Å². The summed E-state index contributed by atoms with van der Waals surface area (Å²) in [6.07, 6.45) is 0.542. The lowest BCUT2D eigenvalue weighted by Gasteiger charge is -2.15. The maximum absolute atomic E-state index is 15.0. The maximum atomic E-state index is 15.0. The van der Waals surface area contributed by atoms with E-state index < -0.39 is 23.1 Å². The fourth-order valence-corrected chi connectivity index (χ4v) is 4.85. The van der Waals surface area contributed by atoms with Crippen molar-refractivity contribution in [3.63, 3.8) is 0 Å². The molecular formula is C29H25FN2O4. The van der Waals surface area contributed by atoms with Crippen LogP contribution in [0, 0.1) is 17.2 Å². The SMILES string of the molecule is CC(=O)[C@@]1(Cc2ccc(OCc3cc(-c4ccccc4)nc4ccccc34)c(F)c2)C[C@@H]1C(=O)NO. The van der Waals surface area contributed by atoms with Gasteiger partial charge in [-0.25, -0.2) is 14.9 Å². The van der Waals surface area contributed by atoms with Crippen molar-refractivity contribution < 1.29 is 23.9 Å². The first-order chi connectivity index (χ1) is 17.4. The molecule has 2 atom stereocenters. The molecule has 5 rings (SSSR count). The minimum Gasteiger partial charge on any atom is -0.486 e. The third-order valence-corrected chi connectivity index (χ3v) is 6.97. The number of hydrogen-bond donors (Lipinski definition) is 2. The Labute approximate surface area is 207 Å². The van der Waals surface area contributed by atoms with E-state index in [1.54, 1.807) is 17.6 Å². The van der Waals surface area contributed by atoms with Crippen LogP contribution in [0.5, 0.6) is 5.75 Å². The Bertz CT molecular complexity index is 1460. The Balaban J connectivity index is 1.37. The van der Waals surface area contributed by atoms with Gasteiger partial charge in [0.05, 0.1) is 17.1 Å². The van der Waals surface area contributed by atoms with Gasteiger partial charge in [-0.05, 0) is 49.6 Å². The molecule has 1 fully saturated rings. The van der Waals surface area contributed by atoms with Gasteiger partial charge in [0.15, 0.2) is 11.6 Å². The number of para-hydroxylation sites is 1. The fourth-order valence-electron chi connectivity index (χ4n) is 4.85. The van der Waals surface area contributed by atoms with Crippen LogP contribution in [0.4, 0.5) is 4.39 Å². The second-order valence-corrected chi connectivity index (χ2v) is 9.23. The number of hydroxylamine groups is 1. The molecule has 2 N–H and O–H groups in total. The highest BCUT2D eigenvalue weighted by Crippen LogP contribution is 2.55. The predicted molar refractivity (Wildman–Crippen MR) is 133 cm³/mol. The highest BCUT2D eigenvalue weighted by Gasteiger charge is 2.61. The summed E-state index contributed by atoms with van der Waals surface area (Å²) in [5.41, 5.74) is 4.79. The molecule has 1 aliphatic rings. The van der Waals surface area contributed by atoms with Gasteiger partial charge in [-0.15, -0.1) is 0 Å². The third kappa shape index (κ3) is 4.45. The van der Waals surface area contributed by atoms with Crippen molar-refractivity contribution in [1.82, 2.24) is 10.5 Å². The molecule has 1 saturated carbocycles. The number of halogens is 1. The van der Waals surface area contributed by atoms with Crippen molar-refractivity contribution in [2.24, 2.45) is 11.3 Å². The number of nitrogens with one attached hydrogen (secondary N) is 1. The number of aromatic nitrogens is 1. The van der Waals surface area contributed by atoms with Gasteiger partial charge in [-0.1, -0.05) is 54.6 Å². The average Bonchev–Trinajstić information content (AvgIpc) is 3.63. The van der Waals surface area contributed by atoms with Crippen LogP contribution in [-0.2, 0) is 22.6 Å². The van der Waals surface area contributed by atoms with Gasteiger partial charge >= 0.3 is 0 Å². The summed E-state index contributed by atoms with van der Waals surface area (Å²) >= 11 is 0. The smallest absolute Gasteiger partial charge is 0.247 e. The lowest BCUT2D eigenvalue weighted by Crippen LogP contribution is -2.28. The molecule has 3 aromatic carbocycles. The normalized spacial score (nSPS) is 18.6. The van der Waals surface area contributed by atoms with E-state index in [0.717, 1.165) is 27.7 Å². The van der Waals surface area contributed by atoms with Crippen LogP contribution < -0.4 is 10.2 Å². The van der Waals surface area contributed by atoms with Crippen molar-refractivity contribution in [2.45, 2.75) is 26.4 Å². The van der Waals surface area contributed by atoms with Gasteiger partial charge in [0.25, 0.3) is 0 Å². The molecular weight excluding hydrogens is 459 g/mol. The first kappa shape index (κ1) is 23.6. The number of ether oxygens (including phenoxy) is 1. The van der Waals surface area contributed by atoms with Gasteiger partial charge < -0.3 is 4.74 Å². The van der Waals surface area contributed by atoms with Gasteiger partial charge in [0, 0.05) is 21.9 Å². The number of pyridine rings is 1. The molecule has 1 aromatic heterocycles. The molecule has 1 aliphatic carbocycles. The number of amides is 1. The molecule has 36 heavy (non-hydrogen) atoms. The van der Waals surface area contributed by atoms with Crippen LogP contribution >= 0.6 is 0 Å². The first-order valence-corrected chi connectivity index (χ1v) is 11.7. The summed E-state index contributed by atoms with van der Waals surface area (Å²) in [5.74, 6) is -1.81. The van der Waals surface area contributed by atoms with Crippen molar-refractivity contribution in [3.05, 3.63) is 95.8 Å². The second-order valence-electron chi connectivity index (χ2n) is 9.23. The fraction of sp³-hybridized carbons (Fsp3) is 0.207. The van der Waals surface area contributed by atoms with Crippen LogP contribution in [0.2, 0.25) is 0 Å². The lowest BCUT2D eigenvalue weighted by atomic mass is 9.90. The molecule has 7 heteroatoms. The van der Waals surface area contributed by atoms with E-state index in [2.05, 4.69) is 0 Å². The zero-order valence-electron chi connectivity index (χ0n) is 19.7. The monoisotopic (exact) mass is 484 g/mol. The molecule has 0 radical (unpaired) electrons. The topological polar surface area (TPSA) is 88.5 Å². The molecule has 0 unspecified atom stereocenters. The van der Waals surface area contributed by atoms with Crippen molar-refractivity contribution >= 4 is 22.6 Å².